The van der Waals surface area contributed by atoms with Gasteiger partial charge in [-0.05, 0) is 17.7 Å². The zero-order valence-electron chi connectivity index (χ0n) is 9.39. The van der Waals surface area contributed by atoms with Crippen LogP contribution in [0.25, 0.3) is 0 Å². The molecule has 4 N–H and O–H groups in total. The first-order chi connectivity index (χ1) is 8.52. The Labute approximate surface area is 102 Å². The topological polar surface area (TPSA) is 98.7 Å². The van der Waals surface area contributed by atoms with Gasteiger partial charge in [-0.25, -0.2) is 14.0 Å². The molecule has 0 spiro atoms. The molecule has 1 aromatic carbocycles. The maximum Gasteiger partial charge on any atom is 0.328 e. The van der Waals surface area contributed by atoms with Gasteiger partial charge in [-0.3, -0.25) is 0 Å². The van der Waals surface area contributed by atoms with E-state index in [0.29, 0.717) is 5.56 Å². The smallest absolute Gasteiger partial charge is 0.328 e. The van der Waals surface area contributed by atoms with Crippen LogP contribution >= 0.6 is 0 Å². The van der Waals surface area contributed by atoms with E-state index in [1.807, 2.05) is 0 Å². The number of aliphatic hydroxyl groups excluding tert-OH is 1. The Bertz CT molecular complexity index is 422. The second-order valence-corrected chi connectivity index (χ2v) is 3.53. The van der Waals surface area contributed by atoms with Gasteiger partial charge in [-0.2, -0.15) is 0 Å². The minimum absolute atomic E-state index is 0.129. The van der Waals surface area contributed by atoms with Gasteiger partial charge in [0, 0.05) is 6.54 Å². The van der Waals surface area contributed by atoms with E-state index >= 15 is 0 Å². The molecule has 7 heteroatoms. The summed E-state index contributed by atoms with van der Waals surface area (Å²) in [6.07, 6.45) is 0. The molecule has 0 radical (unpaired) electrons. The lowest BCUT2D eigenvalue weighted by Crippen LogP contribution is -2.47. The van der Waals surface area contributed by atoms with E-state index in [2.05, 4.69) is 10.6 Å². The molecule has 1 rings (SSSR count). The highest BCUT2D eigenvalue weighted by molar-refractivity contribution is 5.82. The van der Waals surface area contributed by atoms with Crippen LogP contribution in [0.15, 0.2) is 24.3 Å². The Balaban J connectivity index is 2.41. The number of urea groups is 1. The molecule has 0 saturated carbocycles. The summed E-state index contributed by atoms with van der Waals surface area (Å²) in [6.45, 7) is -0.566. The number of halogens is 1. The van der Waals surface area contributed by atoms with Crippen molar-refractivity contribution < 1.29 is 24.2 Å². The number of carboxylic acid groups (broad SMARTS) is 1. The van der Waals surface area contributed by atoms with Crippen LogP contribution in [0.5, 0.6) is 0 Å². The van der Waals surface area contributed by atoms with Gasteiger partial charge in [-0.15, -0.1) is 0 Å². The van der Waals surface area contributed by atoms with Crippen LogP contribution < -0.4 is 10.6 Å². The van der Waals surface area contributed by atoms with Gasteiger partial charge in [0.25, 0.3) is 0 Å². The van der Waals surface area contributed by atoms with Crippen LogP contribution in [0, 0.1) is 5.82 Å². The molecule has 0 unspecified atom stereocenters. The first kappa shape index (κ1) is 13.9. The summed E-state index contributed by atoms with van der Waals surface area (Å²) in [5.74, 6) is -1.70. The van der Waals surface area contributed by atoms with E-state index in [9.17, 15) is 14.0 Å². The molecule has 0 aliphatic heterocycles. The number of carboxylic acids is 1. The fraction of sp³-hybridized carbons (Fsp3) is 0.273. The van der Waals surface area contributed by atoms with Crippen molar-refractivity contribution in [2.75, 3.05) is 6.61 Å². The molecule has 0 aliphatic carbocycles. The Kier molecular flexibility index (Phi) is 5.06. The standard InChI is InChI=1S/C11H13FN2O4/c12-8-3-1-7(2-4-8)5-13-11(18)14-9(6-15)10(16)17/h1-4,9,15H,5-6H2,(H,16,17)(H2,13,14,18)/t9-/m0/s1. The molecule has 0 heterocycles. The van der Waals surface area contributed by atoms with E-state index < -0.39 is 24.6 Å². The summed E-state index contributed by atoms with van der Waals surface area (Å²) in [5, 5.41) is 21.8. The zero-order chi connectivity index (χ0) is 13.5. The number of aliphatic carboxylic acids is 1. The number of nitrogens with one attached hydrogen (secondary N) is 2. The first-order valence-corrected chi connectivity index (χ1v) is 5.15. The summed E-state index contributed by atoms with van der Waals surface area (Å²) < 4.78 is 12.6. The van der Waals surface area contributed by atoms with Gasteiger partial charge in [0.1, 0.15) is 5.82 Å². The van der Waals surface area contributed by atoms with E-state index in [1.165, 1.54) is 24.3 Å². The second kappa shape index (κ2) is 6.55. The van der Waals surface area contributed by atoms with Gasteiger partial charge in [0.2, 0.25) is 0 Å². The van der Waals surface area contributed by atoms with Gasteiger partial charge in [0.15, 0.2) is 6.04 Å². The van der Waals surface area contributed by atoms with Gasteiger partial charge < -0.3 is 20.8 Å². The summed E-state index contributed by atoms with van der Waals surface area (Å²) >= 11 is 0. The van der Waals surface area contributed by atoms with Crippen molar-refractivity contribution in [2.45, 2.75) is 12.6 Å². The van der Waals surface area contributed by atoms with Crippen LogP contribution in [0.4, 0.5) is 9.18 Å². The van der Waals surface area contributed by atoms with E-state index in [0.717, 1.165) is 0 Å². The molecule has 18 heavy (non-hydrogen) atoms. The molecule has 0 fully saturated rings. The summed E-state index contributed by atoms with van der Waals surface area (Å²) in [5.41, 5.74) is 0.669. The third kappa shape index (κ3) is 4.38. The summed E-state index contributed by atoms with van der Waals surface area (Å²) in [6, 6.07) is 3.43. The number of rotatable bonds is 5. The predicted molar refractivity (Wildman–Crippen MR) is 60.3 cm³/mol. The molecular weight excluding hydrogens is 243 g/mol. The fourth-order valence-corrected chi connectivity index (χ4v) is 1.18. The Morgan fingerprint density at radius 1 is 1.28 bits per heavy atom. The van der Waals surface area contributed by atoms with E-state index in [4.69, 9.17) is 10.2 Å². The van der Waals surface area contributed by atoms with Crippen LogP contribution in [0.1, 0.15) is 5.56 Å². The number of benzene rings is 1. The van der Waals surface area contributed by atoms with E-state index in [1.54, 1.807) is 0 Å². The Hall–Kier alpha value is -2.15. The third-order valence-corrected chi connectivity index (χ3v) is 2.15. The molecule has 98 valence electrons. The number of carbonyl (C=O) groups is 2. The molecule has 0 saturated heterocycles. The fourth-order valence-electron chi connectivity index (χ4n) is 1.18. The van der Waals surface area contributed by atoms with Crippen LogP contribution in [-0.4, -0.2) is 34.9 Å². The molecule has 2 amide bonds. The Morgan fingerprint density at radius 3 is 2.39 bits per heavy atom. The lowest BCUT2D eigenvalue weighted by Gasteiger charge is -2.12. The average molecular weight is 256 g/mol. The largest absolute Gasteiger partial charge is 0.480 e. The number of amides is 2. The summed E-state index contributed by atoms with van der Waals surface area (Å²) in [7, 11) is 0. The van der Waals surface area contributed by atoms with Crippen molar-refractivity contribution in [3.63, 3.8) is 0 Å². The van der Waals surface area contributed by atoms with Crippen molar-refractivity contribution in [2.24, 2.45) is 0 Å². The zero-order valence-corrected chi connectivity index (χ0v) is 9.39. The highest BCUT2D eigenvalue weighted by Gasteiger charge is 2.18. The molecule has 1 atom stereocenters. The SMILES string of the molecule is O=C(NCc1ccc(F)cc1)N[C@@H](CO)C(=O)O. The Morgan fingerprint density at radius 2 is 1.89 bits per heavy atom. The van der Waals surface area contributed by atoms with Crippen molar-refractivity contribution in [1.29, 1.82) is 0 Å². The maximum atomic E-state index is 12.6. The minimum Gasteiger partial charge on any atom is -0.480 e. The van der Waals surface area contributed by atoms with Crippen LogP contribution in [0.3, 0.4) is 0 Å². The van der Waals surface area contributed by atoms with Crippen LogP contribution in [0.2, 0.25) is 0 Å². The van der Waals surface area contributed by atoms with Crippen molar-refractivity contribution in [3.8, 4) is 0 Å². The van der Waals surface area contributed by atoms with Crippen molar-refractivity contribution >= 4 is 12.0 Å². The molecule has 1 aromatic rings. The number of carbonyl (C=O) groups excluding carboxylic acids is 1. The van der Waals surface area contributed by atoms with Crippen molar-refractivity contribution in [3.05, 3.63) is 35.6 Å². The molecule has 0 bridgehead atoms. The van der Waals surface area contributed by atoms with Crippen molar-refractivity contribution in [1.82, 2.24) is 10.6 Å². The normalized spacial score (nSPS) is 11.7. The molecule has 0 aromatic heterocycles. The van der Waals surface area contributed by atoms with Gasteiger partial charge >= 0.3 is 12.0 Å². The minimum atomic E-state index is -1.35. The quantitative estimate of drug-likeness (QED) is 0.599. The average Bonchev–Trinajstić information content (AvgIpc) is 2.35. The lowest BCUT2D eigenvalue weighted by atomic mass is 10.2. The molecular formula is C11H13FN2O4. The number of hydrogen-bond acceptors (Lipinski definition) is 3. The third-order valence-electron chi connectivity index (χ3n) is 2.15. The highest BCUT2D eigenvalue weighted by atomic mass is 19.1. The monoisotopic (exact) mass is 256 g/mol. The second-order valence-electron chi connectivity index (χ2n) is 3.53. The van der Waals surface area contributed by atoms with Gasteiger partial charge in [-0.1, -0.05) is 12.1 Å². The highest BCUT2D eigenvalue weighted by Crippen LogP contribution is 2.01. The first-order valence-electron chi connectivity index (χ1n) is 5.15. The van der Waals surface area contributed by atoms with Crippen LogP contribution in [-0.2, 0) is 11.3 Å². The number of hydrogen-bond donors (Lipinski definition) is 4. The molecule has 0 aliphatic rings. The maximum absolute atomic E-state index is 12.6. The predicted octanol–water partition coefficient (Wildman–Crippen LogP) is 0.0704. The number of aliphatic hydroxyl groups is 1. The van der Waals surface area contributed by atoms with Gasteiger partial charge in [0.05, 0.1) is 6.61 Å². The lowest BCUT2D eigenvalue weighted by molar-refractivity contribution is -0.140. The molecule has 6 nitrogen and oxygen atoms in total. The van der Waals surface area contributed by atoms with E-state index in [-0.39, 0.29) is 12.4 Å². The summed E-state index contributed by atoms with van der Waals surface area (Å²) in [4.78, 5) is 21.8.